The van der Waals surface area contributed by atoms with Crippen LogP contribution < -0.4 is 5.73 Å². The second-order valence-corrected chi connectivity index (χ2v) is 7.09. The number of aliphatic hydroxyl groups is 1. The van der Waals surface area contributed by atoms with Gasteiger partial charge in [0.2, 0.25) is 0 Å². The fourth-order valence-corrected chi connectivity index (χ4v) is 4.26. The molecule has 1 amide bonds. The molecular formula is C15H17ClN2O2S. The Balaban J connectivity index is 1.84. The number of hydrogen-bond donors (Lipinski definition) is 2. The predicted molar refractivity (Wildman–Crippen MR) is 86.9 cm³/mol. The SMILES string of the molecule is CN(CC1CC(O)C1)C(=O)c1sc2cccc(Cl)c2c1N. The highest BCUT2D eigenvalue weighted by molar-refractivity contribution is 7.21. The highest BCUT2D eigenvalue weighted by Crippen LogP contribution is 2.38. The number of nitrogens with zero attached hydrogens (tertiary/aromatic N) is 1. The van der Waals surface area contributed by atoms with E-state index in [-0.39, 0.29) is 12.0 Å². The molecule has 1 heterocycles. The number of carbonyl (C=O) groups is 1. The summed E-state index contributed by atoms with van der Waals surface area (Å²) in [4.78, 5) is 14.8. The number of aliphatic hydroxyl groups excluding tert-OH is 1. The molecule has 1 aliphatic rings. The average Bonchev–Trinajstić information content (AvgIpc) is 2.74. The third kappa shape index (κ3) is 2.61. The molecule has 1 aromatic carbocycles. The first-order valence-electron chi connectivity index (χ1n) is 6.87. The van der Waals surface area contributed by atoms with E-state index in [2.05, 4.69) is 0 Å². The number of thiophene rings is 1. The third-order valence-electron chi connectivity index (χ3n) is 3.99. The van der Waals surface area contributed by atoms with E-state index in [0.29, 0.717) is 28.0 Å². The van der Waals surface area contributed by atoms with Crippen LogP contribution in [0.4, 0.5) is 5.69 Å². The van der Waals surface area contributed by atoms with Gasteiger partial charge in [0.15, 0.2) is 0 Å². The summed E-state index contributed by atoms with van der Waals surface area (Å²) in [5, 5.41) is 10.7. The van der Waals surface area contributed by atoms with Crippen molar-refractivity contribution in [1.82, 2.24) is 4.90 Å². The highest BCUT2D eigenvalue weighted by Gasteiger charge is 2.30. The van der Waals surface area contributed by atoms with Crippen LogP contribution in [0.25, 0.3) is 10.1 Å². The largest absolute Gasteiger partial charge is 0.397 e. The Bertz CT molecular complexity index is 694. The van der Waals surface area contributed by atoms with Crippen molar-refractivity contribution in [2.24, 2.45) is 5.92 Å². The van der Waals surface area contributed by atoms with Crippen molar-refractivity contribution in [3.8, 4) is 0 Å². The fraction of sp³-hybridized carbons (Fsp3) is 0.400. The quantitative estimate of drug-likeness (QED) is 0.912. The van der Waals surface area contributed by atoms with Crippen LogP contribution in [0, 0.1) is 5.92 Å². The molecule has 2 aromatic rings. The lowest BCUT2D eigenvalue weighted by Crippen LogP contribution is -2.39. The van der Waals surface area contributed by atoms with Gasteiger partial charge in [-0.3, -0.25) is 4.79 Å². The van der Waals surface area contributed by atoms with E-state index in [9.17, 15) is 9.90 Å². The topological polar surface area (TPSA) is 66.6 Å². The first-order chi connectivity index (χ1) is 9.97. The first-order valence-corrected chi connectivity index (χ1v) is 8.06. The van der Waals surface area contributed by atoms with E-state index in [1.165, 1.54) is 11.3 Å². The van der Waals surface area contributed by atoms with Crippen molar-refractivity contribution in [2.75, 3.05) is 19.3 Å². The average molecular weight is 325 g/mol. The number of fused-ring (bicyclic) bond motifs is 1. The second-order valence-electron chi connectivity index (χ2n) is 5.63. The maximum atomic E-state index is 12.6. The van der Waals surface area contributed by atoms with Crippen LogP contribution >= 0.6 is 22.9 Å². The van der Waals surface area contributed by atoms with Gasteiger partial charge in [-0.2, -0.15) is 0 Å². The molecule has 1 fully saturated rings. The summed E-state index contributed by atoms with van der Waals surface area (Å²) in [6.45, 7) is 0.650. The predicted octanol–water partition coefficient (Wildman–Crippen LogP) is 2.98. The zero-order valence-electron chi connectivity index (χ0n) is 11.7. The molecule has 3 N–H and O–H groups in total. The zero-order valence-corrected chi connectivity index (χ0v) is 13.2. The minimum Gasteiger partial charge on any atom is -0.397 e. The lowest BCUT2D eigenvalue weighted by atomic mass is 9.82. The van der Waals surface area contributed by atoms with Gasteiger partial charge in [-0.15, -0.1) is 11.3 Å². The Morgan fingerprint density at radius 2 is 2.24 bits per heavy atom. The third-order valence-corrected chi connectivity index (χ3v) is 5.46. The number of carbonyl (C=O) groups excluding carboxylic acids is 1. The molecule has 0 unspecified atom stereocenters. The van der Waals surface area contributed by atoms with Crippen molar-refractivity contribution in [1.29, 1.82) is 0 Å². The Hall–Kier alpha value is -1.30. The standard InChI is InChI=1S/C15H17ClN2O2S/c1-18(7-8-5-9(19)6-8)15(20)14-13(17)12-10(16)3-2-4-11(12)21-14/h2-4,8-9,19H,5-7,17H2,1H3. The molecule has 0 bridgehead atoms. The normalized spacial score (nSPS) is 21.3. The molecule has 0 saturated heterocycles. The molecule has 1 saturated carbocycles. The molecule has 0 spiro atoms. The van der Waals surface area contributed by atoms with E-state index >= 15 is 0 Å². The molecule has 0 radical (unpaired) electrons. The van der Waals surface area contributed by atoms with Gasteiger partial charge in [-0.1, -0.05) is 17.7 Å². The molecule has 3 rings (SSSR count). The molecular weight excluding hydrogens is 308 g/mol. The van der Waals surface area contributed by atoms with Crippen LogP contribution in [0.2, 0.25) is 5.02 Å². The molecule has 1 aromatic heterocycles. The van der Waals surface area contributed by atoms with E-state index in [4.69, 9.17) is 17.3 Å². The van der Waals surface area contributed by atoms with Crippen LogP contribution in [0.1, 0.15) is 22.5 Å². The van der Waals surface area contributed by atoms with Crippen LogP contribution in [-0.2, 0) is 0 Å². The van der Waals surface area contributed by atoms with E-state index in [1.807, 2.05) is 12.1 Å². The fourth-order valence-electron chi connectivity index (χ4n) is 2.78. The maximum absolute atomic E-state index is 12.6. The van der Waals surface area contributed by atoms with Crippen molar-refractivity contribution in [3.63, 3.8) is 0 Å². The lowest BCUT2D eigenvalue weighted by Gasteiger charge is -2.34. The minimum absolute atomic E-state index is 0.0776. The number of benzene rings is 1. The molecule has 0 atom stereocenters. The van der Waals surface area contributed by atoms with Crippen LogP contribution in [-0.4, -0.2) is 35.6 Å². The lowest BCUT2D eigenvalue weighted by molar-refractivity contribution is 0.0267. The summed E-state index contributed by atoms with van der Waals surface area (Å²) in [5.41, 5.74) is 6.58. The highest BCUT2D eigenvalue weighted by atomic mass is 35.5. The monoisotopic (exact) mass is 324 g/mol. The Morgan fingerprint density at radius 3 is 2.86 bits per heavy atom. The van der Waals surface area contributed by atoms with Gasteiger partial charge in [0.25, 0.3) is 5.91 Å². The summed E-state index contributed by atoms with van der Waals surface area (Å²) < 4.78 is 0.927. The van der Waals surface area contributed by atoms with E-state index in [1.54, 1.807) is 18.0 Å². The molecule has 4 nitrogen and oxygen atoms in total. The number of amides is 1. The van der Waals surface area contributed by atoms with Crippen molar-refractivity contribution in [3.05, 3.63) is 28.1 Å². The number of rotatable bonds is 3. The van der Waals surface area contributed by atoms with Gasteiger partial charge in [0.05, 0.1) is 16.8 Å². The molecule has 1 aliphatic carbocycles. The van der Waals surface area contributed by atoms with Crippen molar-refractivity contribution >= 4 is 44.6 Å². The Labute approximate surface area is 132 Å². The summed E-state index contributed by atoms with van der Waals surface area (Å²) in [7, 11) is 1.78. The van der Waals surface area contributed by atoms with E-state index < -0.39 is 0 Å². The van der Waals surface area contributed by atoms with E-state index in [0.717, 1.165) is 22.9 Å². The zero-order chi connectivity index (χ0) is 15.1. The van der Waals surface area contributed by atoms with Crippen LogP contribution in [0.15, 0.2) is 18.2 Å². The van der Waals surface area contributed by atoms with Gasteiger partial charge in [0.1, 0.15) is 4.88 Å². The summed E-state index contributed by atoms with van der Waals surface area (Å²) in [5.74, 6) is 0.305. The second kappa shape index (κ2) is 5.48. The van der Waals surface area contributed by atoms with Crippen molar-refractivity contribution in [2.45, 2.75) is 18.9 Å². The van der Waals surface area contributed by atoms with Gasteiger partial charge in [-0.05, 0) is 30.9 Å². The minimum atomic E-state index is -0.202. The summed E-state index contributed by atoms with van der Waals surface area (Å²) in [6.07, 6.45) is 1.34. The molecule has 0 aliphatic heterocycles. The van der Waals surface area contributed by atoms with Crippen LogP contribution in [0.3, 0.4) is 0 Å². The van der Waals surface area contributed by atoms with Gasteiger partial charge >= 0.3 is 0 Å². The first kappa shape index (κ1) is 14.6. The van der Waals surface area contributed by atoms with Gasteiger partial charge in [0, 0.05) is 23.7 Å². The van der Waals surface area contributed by atoms with Crippen LogP contribution in [0.5, 0.6) is 0 Å². The smallest absolute Gasteiger partial charge is 0.265 e. The molecule has 21 heavy (non-hydrogen) atoms. The molecule has 112 valence electrons. The Morgan fingerprint density at radius 1 is 1.52 bits per heavy atom. The number of anilines is 1. The number of hydrogen-bond acceptors (Lipinski definition) is 4. The molecule has 6 heteroatoms. The van der Waals surface area contributed by atoms with Gasteiger partial charge < -0.3 is 15.7 Å². The summed E-state index contributed by atoms with van der Waals surface area (Å²) >= 11 is 7.54. The number of nitrogens with two attached hydrogens (primary N) is 1. The van der Waals surface area contributed by atoms with Crippen molar-refractivity contribution < 1.29 is 9.90 Å². The Kier molecular flexibility index (Phi) is 3.82. The number of nitrogen functional groups attached to an aromatic ring is 1. The van der Waals surface area contributed by atoms with Gasteiger partial charge in [-0.25, -0.2) is 0 Å². The summed E-state index contributed by atoms with van der Waals surface area (Å²) in [6, 6.07) is 5.55. The number of halogens is 1. The maximum Gasteiger partial charge on any atom is 0.265 e.